The summed E-state index contributed by atoms with van der Waals surface area (Å²) in [6.45, 7) is 9.29. The molecular formula is C10H16P. The summed E-state index contributed by atoms with van der Waals surface area (Å²) >= 11 is 0. The third kappa shape index (κ3) is 2.44. The van der Waals surface area contributed by atoms with Gasteiger partial charge in [-0.05, 0) is 37.5 Å². The molecule has 0 aliphatic heterocycles. The van der Waals surface area contributed by atoms with Crippen LogP contribution in [0.3, 0.4) is 0 Å². The number of hydrogen-bond donors (Lipinski definition) is 0. The molecule has 0 spiro atoms. The highest BCUT2D eigenvalue weighted by Gasteiger charge is 2.30. The monoisotopic (exact) mass is 167 g/mol. The second-order valence-corrected chi connectivity index (χ2v) is 6.85. The average molecular weight is 167 g/mol. The van der Waals surface area contributed by atoms with Gasteiger partial charge in [-0.2, -0.15) is 0 Å². The van der Waals surface area contributed by atoms with E-state index in [1.54, 1.807) is 0 Å². The Labute approximate surface area is 72.5 Å². The fraction of sp³-hybridized carbons (Fsp3) is 0.500. The highest BCUT2D eigenvalue weighted by Crippen LogP contribution is 2.58. The lowest BCUT2D eigenvalue weighted by atomic mass is 10.3. The molecule has 0 bridgehead atoms. The van der Waals surface area contributed by atoms with Crippen LogP contribution in [0.15, 0.2) is 0 Å². The maximum Gasteiger partial charge on any atom is 0.00775 e. The molecule has 0 N–H and O–H groups in total. The Morgan fingerprint density at radius 2 is 1.55 bits per heavy atom. The van der Waals surface area contributed by atoms with E-state index in [4.69, 9.17) is 0 Å². The second kappa shape index (κ2) is 3.44. The molecule has 1 saturated carbocycles. The van der Waals surface area contributed by atoms with Gasteiger partial charge in [-0.15, -0.1) is 0 Å². The average Bonchev–Trinajstić information content (AvgIpc) is 2.34. The van der Waals surface area contributed by atoms with E-state index in [1.165, 1.54) is 5.66 Å². The molecule has 0 nitrogen and oxygen atoms in total. The predicted molar refractivity (Wildman–Crippen MR) is 53.0 cm³/mol. The molecule has 0 aromatic heterocycles. The Morgan fingerprint density at radius 3 is 1.91 bits per heavy atom. The molecule has 0 unspecified atom stereocenters. The molecule has 1 atom stereocenters. The van der Waals surface area contributed by atoms with Crippen LogP contribution in [0.4, 0.5) is 0 Å². The van der Waals surface area contributed by atoms with Crippen molar-refractivity contribution in [1.29, 1.82) is 0 Å². The Morgan fingerprint density at radius 1 is 1.09 bits per heavy atom. The van der Waals surface area contributed by atoms with E-state index >= 15 is 0 Å². The van der Waals surface area contributed by atoms with Gasteiger partial charge < -0.3 is 0 Å². The van der Waals surface area contributed by atoms with Crippen LogP contribution < -0.4 is 0 Å². The maximum atomic E-state index is 2.35. The van der Waals surface area contributed by atoms with Gasteiger partial charge in [0, 0.05) is 5.66 Å². The van der Waals surface area contributed by atoms with E-state index in [9.17, 15) is 0 Å². The van der Waals surface area contributed by atoms with E-state index in [-0.39, 0.29) is 7.92 Å². The lowest BCUT2D eigenvalue weighted by Crippen LogP contribution is -2.13. The molecular weight excluding hydrogens is 151 g/mol. The topological polar surface area (TPSA) is 0 Å². The molecule has 5 radical (unpaired) electrons. The van der Waals surface area contributed by atoms with Crippen molar-refractivity contribution in [2.24, 2.45) is 0 Å². The molecule has 1 aliphatic carbocycles. The molecule has 1 rings (SSSR count). The van der Waals surface area contributed by atoms with Crippen LogP contribution in [0.2, 0.25) is 0 Å². The molecule has 1 heteroatoms. The van der Waals surface area contributed by atoms with E-state index in [2.05, 4.69) is 53.1 Å². The SMILES string of the molecule is C[P@@]([C]1[CH][CH][CH][CH]1)C(C)(C)C. The lowest BCUT2D eigenvalue weighted by molar-refractivity contribution is 0.786. The van der Waals surface area contributed by atoms with E-state index in [1.807, 2.05) is 0 Å². The highest BCUT2D eigenvalue weighted by atomic mass is 31.1. The minimum atomic E-state index is 0.0203. The van der Waals surface area contributed by atoms with Gasteiger partial charge in [0.2, 0.25) is 0 Å². The third-order valence-electron chi connectivity index (χ3n) is 2.04. The number of hydrogen-bond acceptors (Lipinski definition) is 0. The maximum absolute atomic E-state index is 2.35. The van der Waals surface area contributed by atoms with Gasteiger partial charge in [0.1, 0.15) is 0 Å². The Hall–Kier alpha value is 0.430. The van der Waals surface area contributed by atoms with Crippen molar-refractivity contribution in [3.05, 3.63) is 31.3 Å². The molecule has 1 aliphatic rings. The van der Waals surface area contributed by atoms with Crippen LogP contribution in [0, 0.1) is 31.3 Å². The van der Waals surface area contributed by atoms with E-state index < -0.39 is 0 Å². The molecule has 61 valence electrons. The first-order valence-corrected chi connectivity index (χ1v) is 5.76. The fourth-order valence-corrected chi connectivity index (χ4v) is 2.37. The Kier molecular flexibility index (Phi) is 2.97. The van der Waals surface area contributed by atoms with Crippen LogP contribution in [0.1, 0.15) is 20.8 Å². The molecule has 0 heterocycles. The van der Waals surface area contributed by atoms with Gasteiger partial charge in [-0.3, -0.25) is 0 Å². The summed E-state index contributed by atoms with van der Waals surface area (Å²) in [6, 6.07) is 0. The van der Waals surface area contributed by atoms with Gasteiger partial charge in [0.05, 0.1) is 0 Å². The summed E-state index contributed by atoms with van der Waals surface area (Å²) in [5, 5.41) is 0.448. The van der Waals surface area contributed by atoms with Gasteiger partial charge in [0.25, 0.3) is 0 Å². The highest BCUT2D eigenvalue weighted by molar-refractivity contribution is 7.62. The molecule has 0 aromatic carbocycles. The van der Waals surface area contributed by atoms with Crippen LogP contribution in [-0.2, 0) is 0 Å². The summed E-state index contributed by atoms with van der Waals surface area (Å²) in [6.07, 6.45) is 8.72. The van der Waals surface area contributed by atoms with Crippen molar-refractivity contribution in [3.8, 4) is 0 Å². The second-order valence-electron chi connectivity index (χ2n) is 3.87. The summed E-state index contributed by atoms with van der Waals surface area (Å²) < 4.78 is 0. The first kappa shape index (κ1) is 9.52. The lowest BCUT2D eigenvalue weighted by Gasteiger charge is -2.32. The summed E-state index contributed by atoms with van der Waals surface area (Å²) in [7, 11) is 0.0203. The largest absolute Gasteiger partial charge is 0.0965 e. The summed E-state index contributed by atoms with van der Waals surface area (Å²) in [4.78, 5) is 0. The molecule has 0 amide bonds. The standard InChI is InChI=1S/C10H16P/c1-10(2,3)11(4)9-7-5-6-8-9/h5-8H,1-4H3/t11-/m0/s1. The summed E-state index contributed by atoms with van der Waals surface area (Å²) in [5.41, 5.74) is 1.52. The predicted octanol–water partition coefficient (Wildman–Crippen LogP) is 3.26. The van der Waals surface area contributed by atoms with Gasteiger partial charge in [-0.25, -0.2) is 0 Å². The summed E-state index contributed by atoms with van der Waals surface area (Å²) in [5.74, 6) is 0. The first-order chi connectivity index (χ1) is 5.02. The zero-order valence-corrected chi connectivity index (χ0v) is 8.65. The van der Waals surface area contributed by atoms with Crippen molar-refractivity contribution in [2.45, 2.75) is 25.9 Å². The first-order valence-electron chi connectivity index (χ1n) is 3.97. The molecule has 0 saturated heterocycles. The van der Waals surface area contributed by atoms with Crippen molar-refractivity contribution in [3.63, 3.8) is 0 Å². The van der Waals surface area contributed by atoms with Crippen LogP contribution >= 0.6 is 7.92 Å². The minimum Gasteiger partial charge on any atom is -0.0965 e. The Bertz CT molecular complexity index is 117. The zero-order valence-electron chi connectivity index (χ0n) is 7.76. The van der Waals surface area contributed by atoms with E-state index in [0.29, 0.717) is 5.16 Å². The van der Waals surface area contributed by atoms with Crippen LogP contribution in [0.25, 0.3) is 0 Å². The fourth-order valence-electron chi connectivity index (χ4n) is 0.975. The zero-order chi connectivity index (χ0) is 8.48. The quantitative estimate of drug-likeness (QED) is 0.526. The van der Waals surface area contributed by atoms with E-state index in [0.717, 1.165) is 0 Å². The molecule has 1 fully saturated rings. The van der Waals surface area contributed by atoms with Gasteiger partial charge in [-0.1, -0.05) is 28.7 Å². The van der Waals surface area contributed by atoms with Crippen molar-refractivity contribution in [1.82, 2.24) is 0 Å². The smallest absolute Gasteiger partial charge is 0.00775 e. The van der Waals surface area contributed by atoms with Crippen LogP contribution in [-0.4, -0.2) is 11.8 Å². The van der Waals surface area contributed by atoms with Gasteiger partial charge in [0.15, 0.2) is 0 Å². The van der Waals surface area contributed by atoms with Crippen LogP contribution in [0.5, 0.6) is 0 Å². The van der Waals surface area contributed by atoms with Crippen molar-refractivity contribution >= 4 is 7.92 Å². The van der Waals surface area contributed by atoms with Gasteiger partial charge >= 0.3 is 0 Å². The molecule has 11 heavy (non-hydrogen) atoms. The number of rotatable bonds is 1. The van der Waals surface area contributed by atoms with Crippen molar-refractivity contribution < 1.29 is 0 Å². The minimum absolute atomic E-state index is 0.0203. The molecule has 0 aromatic rings. The van der Waals surface area contributed by atoms with Crippen molar-refractivity contribution in [2.75, 3.05) is 6.66 Å². The Balaban J connectivity index is 2.46. The third-order valence-corrected chi connectivity index (χ3v) is 5.12. The normalized spacial score (nSPS) is 24.0.